The number of hydrogen-bond donors (Lipinski definition) is 1. The molecule has 1 N–H and O–H groups in total. The van der Waals surface area contributed by atoms with Crippen LogP contribution in [0.25, 0.3) is 0 Å². The molecule has 3 unspecified atom stereocenters. The van der Waals surface area contributed by atoms with Crippen LogP contribution in [-0.2, 0) is 23.5 Å². The molecule has 1 saturated carbocycles. The van der Waals surface area contributed by atoms with Gasteiger partial charge < -0.3 is 24.8 Å². The first-order valence-electron chi connectivity index (χ1n) is 9.25. The molecule has 2 aliphatic carbocycles. The molecule has 0 radical (unpaired) electrons. The zero-order chi connectivity index (χ0) is 14.8. The van der Waals surface area contributed by atoms with Crippen LogP contribution >= 0.6 is 0 Å². The predicted molar refractivity (Wildman–Crippen MR) is 88.9 cm³/mol. The largest absolute Gasteiger partial charge is 1.00 e. The van der Waals surface area contributed by atoms with Crippen molar-refractivity contribution in [3.63, 3.8) is 0 Å². The first-order chi connectivity index (χ1) is 10.4. The topological polar surface area (TPSA) is 12.0 Å². The number of nitrogens with one attached hydrogen (secondary N) is 1. The molecular weight excluding hydrogens is 404 g/mol. The van der Waals surface area contributed by atoms with Gasteiger partial charge >= 0.3 is 144 Å². The molecule has 0 bridgehead atoms. The van der Waals surface area contributed by atoms with Crippen LogP contribution in [-0.4, -0.2) is 6.54 Å². The van der Waals surface area contributed by atoms with Crippen LogP contribution in [0.1, 0.15) is 71.1 Å². The monoisotopic (exact) mass is 435 g/mol. The van der Waals surface area contributed by atoms with E-state index in [1.165, 1.54) is 70.8 Å². The maximum Gasteiger partial charge on any atom is -1.00 e. The Bertz CT molecular complexity index is 333. The second-order valence-electron chi connectivity index (χ2n) is 6.74. The molecule has 1 nitrogen and oxygen atoms in total. The maximum atomic E-state index is 3.88. The normalized spacial score (nSPS) is 24.5. The molecule has 1 fully saturated rings. The SMILES string of the molecule is CCCCCCCCCC[NH][Zr+2][CH]1CCC2C=CC=CC21.[Cl-].[Cl-]. The number of halogens is 2. The van der Waals surface area contributed by atoms with Crippen molar-refractivity contribution in [1.29, 1.82) is 0 Å². The van der Waals surface area contributed by atoms with E-state index in [4.69, 9.17) is 0 Å². The van der Waals surface area contributed by atoms with Crippen molar-refractivity contribution < 1.29 is 48.3 Å². The fourth-order valence-electron chi connectivity index (χ4n) is 3.67. The van der Waals surface area contributed by atoms with Crippen LogP contribution < -0.4 is 28.1 Å². The number of allylic oxidation sites excluding steroid dienone is 4. The Morgan fingerprint density at radius 1 is 0.870 bits per heavy atom. The van der Waals surface area contributed by atoms with Crippen molar-refractivity contribution >= 4 is 0 Å². The molecule has 0 heterocycles. The van der Waals surface area contributed by atoms with Crippen molar-refractivity contribution in [3.8, 4) is 0 Å². The van der Waals surface area contributed by atoms with Gasteiger partial charge in [-0.1, -0.05) is 0 Å². The number of fused-ring (bicyclic) bond motifs is 1. The molecule has 0 saturated heterocycles. The van der Waals surface area contributed by atoms with Gasteiger partial charge in [0, 0.05) is 0 Å². The number of unbranched alkanes of at least 4 members (excludes halogenated alkanes) is 7. The van der Waals surface area contributed by atoms with Crippen LogP contribution in [0.15, 0.2) is 24.3 Å². The third kappa shape index (κ3) is 9.24. The van der Waals surface area contributed by atoms with Gasteiger partial charge in [0.15, 0.2) is 0 Å². The Morgan fingerprint density at radius 3 is 2.26 bits per heavy atom. The van der Waals surface area contributed by atoms with Crippen molar-refractivity contribution in [2.75, 3.05) is 6.54 Å². The fraction of sp³-hybridized carbons (Fsp3) is 0.789. The van der Waals surface area contributed by atoms with Crippen molar-refractivity contribution in [3.05, 3.63) is 24.3 Å². The van der Waals surface area contributed by atoms with Crippen molar-refractivity contribution in [1.82, 2.24) is 3.26 Å². The van der Waals surface area contributed by atoms with E-state index in [0.29, 0.717) is 0 Å². The van der Waals surface area contributed by atoms with E-state index in [1.807, 2.05) is 0 Å². The molecular formula is C19H33Cl2NZr. The van der Waals surface area contributed by atoms with Gasteiger partial charge in [-0.15, -0.1) is 0 Å². The van der Waals surface area contributed by atoms with E-state index in [0.717, 1.165) is 15.5 Å². The predicted octanol–water partition coefficient (Wildman–Crippen LogP) is -0.337. The van der Waals surface area contributed by atoms with Gasteiger partial charge in [0.1, 0.15) is 0 Å². The van der Waals surface area contributed by atoms with Crippen LogP contribution in [0.4, 0.5) is 0 Å². The summed E-state index contributed by atoms with van der Waals surface area (Å²) in [5, 5.41) is 0. The Balaban J connectivity index is 0.00000242. The van der Waals surface area contributed by atoms with Gasteiger partial charge in [-0.3, -0.25) is 0 Å². The molecule has 0 aromatic carbocycles. The maximum absolute atomic E-state index is 3.88. The third-order valence-corrected chi connectivity index (χ3v) is 8.70. The minimum Gasteiger partial charge on any atom is -1.00 e. The second kappa shape index (κ2) is 15.2. The second-order valence-corrected chi connectivity index (χ2v) is 10.1. The molecule has 0 aromatic rings. The number of hydrogen-bond acceptors (Lipinski definition) is 1. The smallest absolute Gasteiger partial charge is 1.00 e. The van der Waals surface area contributed by atoms with Gasteiger partial charge in [-0.25, -0.2) is 0 Å². The van der Waals surface area contributed by atoms with E-state index in [2.05, 4.69) is 34.5 Å². The molecule has 0 spiro atoms. The molecule has 132 valence electrons. The zero-order valence-corrected chi connectivity index (χ0v) is 18.5. The van der Waals surface area contributed by atoms with Crippen LogP contribution in [0.2, 0.25) is 3.63 Å². The van der Waals surface area contributed by atoms with E-state index < -0.39 is 0 Å². The van der Waals surface area contributed by atoms with E-state index >= 15 is 0 Å². The standard InChI is InChI=1S/C10H22N.C9H11.2ClH.Zr/c1-2-3-4-5-6-7-8-9-10-11;1-2-5-9-7-3-6-8(9)4-1;;;/h11H,2-10H2,1H3;1-2,4-6,8-9H,3,7H2;2*1H;/q-1;;;;+3/p-2. The van der Waals surface area contributed by atoms with Crippen molar-refractivity contribution in [2.45, 2.75) is 74.8 Å². The summed E-state index contributed by atoms with van der Waals surface area (Å²) in [6.07, 6.45) is 23.9. The van der Waals surface area contributed by atoms with E-state index in [-0.39, 0.29) is 48.3 Å². The molecule has 2 rings (SSSR count). The minimum atomic E-state index is -0.354. The molecule has 0 aliphatic heterocycles. The average Bonchev–Trinajstić information content (AvgIpc) is 2.92. The summed E-state index contributed by atoms with van der Waals surface area (Å²) in [4.78, 5) is 0. The van der Waals surface area contributed by atoms with Gasteiger partial charge in [0.2, 0.25) is 0 Å². The summed E-state index contributed by atoms with van der Waals surface area (Å²) in [6, 6.07) is 0. The minimum absolute atomic E-state index is 0. The van der Waals surface area contributed by atoms with E-state index in [1.54, 1.807) is 0 Å². The first kappa shape index (κ1) is 23.9. The van der Waals surface area contributed by atoms with Gasteiger partial charge in [-0.05, 0) is 0 Å². The quantitative estimate of drug-likeness (QED) is 0.437. The van der Waals surface area contributed by atoms with Crippen LogP contribution in [0.3, 0.4) is 0 Å². The third-order valence-electron chi connectivity index (χ3n) is 5.02. The molecule has 4 heteroatoms. The van der Waals surface area contributed by atoms with Crippen LogP contribution in [0.5, 0.6) is 0 Å². The average molecular weight is 438 g/mol. The molecule has 0 aromatic heterocycles. The Kier molecular flexibility index (Phi) is 15.8. The summed E-state index contributed by atoms with van der Waals surface area (Å²) < 4.78 is 4.93. The molecule has 2 aliphatic rings. The summed E-state index contributed by atoms with van der Waals surface area (Å²) in [6.45, 7) is 3.59. The van der Waals surface area contributed by atoms with Gasteiger partial charge in [-0.2, -0.15) is 0 Å². The Morgan fingerprint density at radius 2 is 1.52 bits per heavy atom. The molecule has 0 amide bonds. The van der Waals surface area contributed by atoms with Crippen LogP contribution in [0, 0.1) is 11.8 Å². The summed E-state index contributed by atoms with van der Waals surface area (Å²) in [5.74, 6) is 1.78. The Labute approximate surface area is 168 Å². The van der Waals surface area contributed by atoms with Crippen molar-refractivity contribution in [2.24, 2.45) is 11.8 Å². The van der Waals surface area contributed by atoms with E-state index in [9.17, 15) is 0 Å². The number of rotatable bonds is 11. The Hall–Kier alpha value is 0.903. The fourth-order valence-corrected chi connectivity index (χ4v) is 7.23. The van der Waals surface area contributed by atoms with Gasteiger partial charge in [0.25, 0.3) is 0 Å². The zero-order valence-electron chi connectivity index (χ0n) is 14.6. The summed E-state index contributed by atoms with van der Waals surface area (Å²) >= 11 is -0.354. The molecule has 3 atom stereocenters. The summed E-state index contributed by atoms with van der Waals surface area (Å²) in [5.41, 5.74) is 0. The summed E-state index contributed by atoms with van der Waals surface area (Å²) in [7, 11) is 0. The first-order valence-corrected chi connectivity index (χ1v) is 11.9. The van der Waals surface area contributed by atoms with Gasteiger partial charge in [0.05, 0.1) is 0 Å². The molecule has 23 heavy (non-hydrogen) atoms.